The van der Waals surface area contributed by atoms with Crippen LogP contribution >= 0.6 is 23.2 Å². The highest BCUT2D eigenvalue weighted by Gasteiger charge is 2.25. The second-order valence-corrected chi connectivity index (χ2v) is 12.7. The van der Waals surface area contributed by atoms with Crippen molar-refractivity contribution in [3.05, 3.63) is 82.8 Å². The van der Waals surface area contributed by atoms with E-state index in [4.69, 9.17) is 42.1 Å². The van der Waals surface area contributed by atoms with Crippen molar-refractivity contribution in [2.75, 3.05) is 37.1 Å². The number of Topliss-reactive ketones (excluding diaryl/α,β-unsaturated/α-hetero) is 2. The molecule has 16 heteroatoms. The molecule has 0 aliphatic heterocycles. The Morgan fingerprint density at radius 3 is 1.12 bits per heavy atom. The zero-order valence-corrected chi connectivity index (χ0v) is 33.2. The van der Waals surface area contributed by atoms with Crippen molar-refractivity contribution in [1.29, 1.82) is 0 Å². The van der Waals surface area contributed by atoms with Gasteiger partial charge in [-0.3, -0.25) is 19.2 Å². The summed E-state index contributed by atoms with van der Waals surface area (Å²) in [6.07, 6.45) is 0. The van der Waals surface area contributed by atoms with Crippen LogP contribution < -0.4 is 29.6 Å². The van der Waals surface area contributed by atoms with Crippen LogP contribution in [0.1, 0.15) is 41.5 Å². The van der Waals surface area contributed by atoms with E-state index in [0.717, 1.165) is 0 Å². The third-order valence-electron chi connectivity index (χ3n) is 7.60. The number of hydrogen-bond acceptors (Lipinski definition) is 12. The highest BCUT2D eigenvalue weighted by atomic mass is 35.5. The van der Waals surface area contributed by atoms with Crippen molar-refractivity contribution in [2.45, 2.75) is 53.6 Å². The number of anilines is 2. The minimum Gasteiger partial charge on any atom is -0.494 e. The monoisotopic (exact) mass is 804 g/mol. The highest BCUT2D eigenvalue weighted by molar-refractivity contribution is 6.34. The summed E-state index contributed by atoms with van der Waals surface area (Å²) in [6.45, 7) is 11.4. The van der Waals surface area contributed by atoms with E-state index in [9.17, 15) is 19.2 Å². The number of hydrogen-bond donors (Lipinski definition) is 2. The van der Waals surface area contributed by atoms with Gasteiger partial charge in [0, 0.05) is 47.8 Å². The first kappa shape index (κ1) is 42.9. The topological polar surface area (TPSA) is 179 Å². The SMILES string of the molecule is CCOc1cc(NC(=O)C(N=Nc2ccc(-c3ccc(N=NC(C(C)=O)C(=O)Nc4cc(OCC)cc(OCC)c4)c(Cl)c3)cc2Cl)C(C)=O)cc(OCC)c1. The predicted octanol–water partition coefficient (Wildman–Crippen LogP) is 9.62. The molecule has 0 saturated carbocycles. The molecular formula is C40H42Cl2N6O8. The molecule has 0 aliphatic carbocycles. The van der Waals surface area contributed by atoms with Crippen molar-refractivity contribution in [3.8, 4) is 34.1 Å². The number of azo groups is 2. The fourth-order valence-corrected chi connectivity index (χ4v) is 5.56. The summed E-state index contributed by atoms with van der Waals surface area (Å²) in [7, 11) is 0. The maximum Gasteiger partial charge on any atom is 0.258 e. The van der Waals surface area contributed by atoms with Gasteiger partial charge >= 0.3 is 0 Å². The lowest BCUT2D eigenvalue weighted by molar-refractivity contribution is -0.127. The summed E-state index contributed by atoms with van der Waals surface area (Å²) >= 11 is 13.1. The van der Waals surface area contributed by atoms with E-state index in [-0.39, 0.29) is 21.4 Å². The Bertz CT molecular complexity index is 1930. The van der Waals surface area contributed by atoms with Crippen LogP contribution in [-0.4, -0.2) is 61.9 Å². The van der Waals surface area contributed by atoms with Gasteiger partial charge in [0.25, 0.3) is 11.8 Å². The van der Waals surface area contributed by atoms with Gasteiger partial charge in [-0.05, 0) is 76.9 Å². The van der Waals surface area contributed by atoms with Gasteiger partial charge in [-0.2, -0.15) is 20.5 Å². The van der Waals surface area contributed by atoms with Crippen LogP contribution in [0.25, 0.3) is 11.1 Å². The van der Waals surface area contributed by atoms with E-state index in [2.05, 4.69) is 31.1 Å². The lowest BCUT2D eigenvalue weighted by Crippen LogP contribution is -2.31. The van der Waals surface area contributed by atoms with Crippen LogP contribution in [0.4, 0.5) is 22.7 Å². The van der Waals surface area contributed by atoms with Gasteiger partial charge in [-0.15, -0.1) is 0 Å². The van der Waals surface area contributed by atoms with E-state index in [1.54, 1.807) is 72.8 Å². The maximum atomic E-state index is 13.1. The number of carbonyl (C=O) groups excluding carboxylic acids is 4. The fourth-order valence-electron chi connectivity index (χ4n) is 5.12. The number of halogens is 2. The zero-order valence-electron chi connectivity index (χ0n) is 31.7. The summed E-state index contributed by atoms with van der Waals surface area (Å²) in [6, 6.07) is 16.7. The molecule has 0 heterocycles. The number of nitrogens with zero attached hydrogens (tertiary/aromatic N) is 4. The minimum absolute atomic E-state index is 0.190. The number of carbonyl (C=O) groups is 4. The molecule has 0 saturated heterocycles. The molecule has 4 aromatic rings. The Balaban J connectivity index is 1.47. The van der Waals surface area contributed by atoms with Crippen LogP contribution in [0.15, 0.2) is 93.3 Å². The molecule has 56 heavy (non-hydrogen) atoms. The van der Waals surface area contributed by atoms with Crippen molar-refractivity contribution in [3.63, 3.8) is 0 Å². The molecule has 0 radical (unpaired) electrons. The largest absolute Gasteiger partial charge is 0.494 e. The Morgan fingerprint density at radius 2 is 0.857 bits per heavy atom. The summed E-state index contributed by atoms with van der Waals surface area (Å²) in [5.74, 6) is -0.511. The lowest BCUT2D eigenvalue weighted by atomic mass is 10.0. The molecule has 0 bridgehead atoms. The highest BCUT2D eigenvalue weighted by Crippen LogP contribution is 2.35. The van der Waals surface area contributed by atoms with Gasteiger partial charge in [0.1, 0.15) is 34.4 Å². The summed E-state index contributed by atoms with van der Waals surface area (Å²) in [5.41, 5.74) is 2.47. The van der Waals surface area contributed by atoms with E-state index in [0.29, 0.717) is 71.9 Å². The maximum absolute atomic E-state index is 13.1. The molecule has 2 atom stereocenters. The number of rotatable bonds is 19. The summed E-state index contributed by atoms with van der Waals surface area (Å²) in [5, 5.41) is 22.0. The minimum atomic E-state index is -1.45. The Labute approximate surface area is 334 Å². The van der Waals surface area contributed by atoms with Crippen LogP contribution in [0.3, 0.4) is 0 Å². The molecule has 2 amide bonds. The van der Waals surface area contributed by atoms with E-state index < -0.39 is 35.5 Å². The molecule has 2 N–H and O–H groups in total. The first-order valence-electron chi connectivity index (χ1n) is 17.7. The van der Waals surface area contributed by atoms with Crippen LogP contribution in [-0.2, 0) is 19.2 Å². The fraction of sp³-hybridized carbons (Fsp3) is 0.300. The predicted molar refractivity (Wildman–Crippen MR) is 215 cm³/mol. The van der Waals surface area contributed by atoms with Gasteiger partial charge in [0.05, 0.1) is 36.5 Å². The molecule has 4 rings (SSSR count). The van der Waals surface area contributed by atoms with Gasteiger partial charge in [-0.1, -0.05) is 35.3 Å². The Hall–Kier alpha value is -5.86. The normalized spacial score (nSPS) is 12.2. The molecule has 2 unspecified atom stereocenters. The summed E-state index contributed by atoms with van der Waals surface area (Å²) in [4.78, 5) is 51.1. The number of nitrogens with one attached hydrogen (secondary N) is 2. The Morgan fingerprint density at radius 1 is 0.536 bits per heavy atom. The number of ketones is 2. The average Bonchev–Trinajstić information content (AvgIpc) is 3.13. The molecule has 0 aromatic heterocycles. The molecular weight excluding hydrogens is 763 g/mol. The lowest BCUT2D eigenvalue weighted by Gasteiger charge is -2.13. The van der Waals surface area contributed by atoms with Crippen molar-refractivity contribution >= 4 is 69.3 Å². The van der Waals surface area contributed by atoms with Crippen LogP contribution in [0, 0.1) is 0 Å². The first-order valence-corrected chi connectivity index (χ1v) is 18.5. The quantitative estimate of drug-likeness (QED) is 0.0695. The van der Waals surface area contributed by atoms with E-state index >= 15 is 0 Å². The second kappa shape index (κ2) is 20.7. The average molecular weight is 806 g/mol. The van der Waals surface area contributed by atoms with Gasteiger partial charge < -0.3 is 29.6 Å². The number of amides is 2. The number of benzene rings is 4. The smallest absolute Gasteiger partial charge is 0.258 e. The third-order valence-corrected chi connectivity index (χ3v) is 8.20. The standard InChI is InChI=1S/C40H42Cl2N6O8/c1-7-53-29-17-27(18-30(21-29)54-8-2)43-39(51)37(23(5)49)47-45-35-13-11-25(15-33(35)41)26-12-14-36(34(42)16-26)46-48-38(24(6)50)40(52)44-28-19-31(55-9-3)22-32(20-28)56-10-4/h11-22,37-38H,7-10H2,1-6H3,(H,43,51)(H,44,52). The van der Waals surface area contributed by atoms with Gasteiger partial charge in [0.15, 0.2) is 11.6 Å². The van der Waals surface area contributed by atoms with E-state index in [1.165, 1.54) is 13.8 Å². The zero-order chi connectivity index (χ0) is 40.8. The molecule has 4 aromatic carbocycles. The summed E-state index contributed by atoms with van der Waals surface area (Å²) < 4.78 is 22.2. The third kappa shape index (κ3) is 12.1. The molecule has 14 nitrogen and oxygen atoms in total. The van der Waals surface area contributed by atoms with Crippen LogP contribution in [0.5, 0.6) is 23.0 Å². The van der Waals surface area contributed by atoms with Crippen molar-refractivity contribution in [2.24, 2.45) is 20.5 Å². The molecule has 0 spiro atoms. The van der Waals surface area contributed by atoms with Gasteiger partial charge in [-0.25, -0.2) is 0 Å². The molecule has 0 aliphatic rings. The van der Waals surface area contributed by atoms with Crippen molar-refractivity contribution < 1.29 is 38.1 Å². The van der Waals surface area contributed by atoms with E-state index in [1.807, 2.05) is 27.7 Å². The first-order chi connectivity index (χ1) is 26.8. The van der Waals surface area contributed by atoms with Gasteiger partial charge in [0.2, 0.25) is 12.1 Å². The molecule has 294 valence electrons. The van der Waals surface area contributed by atoms with Crippen LogP contribution in [0.2, 0.25) is 10.0 Å². The number of ether oxygens (including phenoxy) is 4. The second-order valence-electron chi connectivity index (χ2n) is 11.9. The van der Waals surface area contributed by atoms with Crippen molar-refractivity contribution in [1.82, 2.24) is 0 Å². The molecule has 0 fully saturated rings. The Kier molecular flexibility index (Phi) is 15.9.